The Kier molecular flexibility index (Phi) is 4.84. The van der Waals surface area contributed by atoms with Crippen molar-refractivity contribution in [3.05, 3.63) is 24.3 Å². The molecule has 1 atom stereocenters. The Morgan fingerprint density at radius 1 is 1.24 bits per heavy atom. The minimum Gasteiger partial charge on any atom is -0.381 e. The Morgan fingerprint density at radius 2 is 1.90 bits per heavy atom. The van der Waals surface area contributed by atoms with Crippen LogP contribution in [0, 0.1) is 0 Å². The monoisotopic (exact) mass is 311 g/mol. The van der Waals surface area contributed by atoms with Crippen molar-refractivity contribution in [1.82, 2.24) is 10.0 Å². The van der Waals surface area contributed by atoms with Crippen molar-refractivity contribution in [1.29, 1.82) is 0 Å². The fourth-order valence-corrected chi connectivity index (χ4v) is 3.45. The molecule has 0 aliphatic carbocycles. The first-order valence-corrected chi connectivity index (χ1v) is 8.51. The molecule has 6 nitrogen and oxygen atoms in total. The number of nitrogens with one attached hydrogen (secondary N) is 3. The number of anilines is 1. The number of hydrogen-bond donors (Lipinski definition) is 3. The Balaban J connectivity index is 2.00. The van der Waals surface area contributed by atoms with Gasteiger partial charge in [-0.2, -0.15) is 0 Å². The highest BCUT2D eigenvalue weighted by Crippen LogP contribution is 2.17. The fraction of sp³-hybridized carbons (Fsp3) is 0.500. The summed E-state index contributed by atoms with van der Waals surface area (Å²) in [5, 5.41) is 6.09. The summed E-state index contributed by atoms with van der Waals surface area (Å²) in [5.41, 5.74) is 0.847. The number of carbonyl (C=O) groups is 1. The summed E-state index contributed by atoms with van der Waals surface area (Å²) in [6, 6.07) is 6.68. The van der Waals surface area contributed by atoms with Crippen molar-refractivity contribution >= 4 is 21.6 Å². The number of amides is 1. The van der Waals surface area contributed by atoms with E-state index >= 15 is 0 Å². The van der Waals surface area contributed by atoms with E-state index in [0.717, 1.165) is 12.1 Å². The van der Waals surface area contributed by atoms with E-state index in [4.69, 9.17) is 0 Å². The Bertz CT molecular complexity index is 586. The fourth-order valence-electron chi connectivity index (χ4n) is 2.20. The van der Waals surface area contributed by atoms with E-state index in [1.54, 1.807) is 38.1 Å². The predicted molar refractivity (Wildman–Crippen MR) is 81.6 cm³/mol. The lowest BCUT2D eigenvalue weighted by molar-refractivity contribution is -0.122. The molecule has 1 aliphatic heterocycles. The van der Waals surface area contributed by atoms with Gasteiger partial charge in [-0.25, -0.2) is 13.1 Å². The quantitative estimate of drug-likeness (QED) is 0.759. The van der Waals surface area contributed by atoms with Crippen molar-refractivity contribution in [3.63, 3.8) is 0 Å². The van der Waals surface area contributed by atoms with Gasteiger partial charge in [0.05, 0.1) is 4.90 Å². The molecule has 1 unspecified atom stereocenters. The molecule has 0 spiro atoms. The third-order valence-corrected chi connectivity index (χ3v) is 4.87. The third-order valence-electron chi connectivity index (χ3n) is 3.19. The van der Waals surface area contributed by atoms with Crippen LogP contribution in [-0.2, 0) is 14.8 Å². The molecule has 1 fully saturated rings. The van der Waals surface area contributed by atoms with Crippen LogP contribution in [0.25, 0.3) is 0 Å². The van der Waals surface area contributed by atoms with Gasteiger partial charge in [0.15, 0.2) is 0 Å². The molecule has 0 radical (unpaired) electrons. The topological polar surface area (TPSA) is 87.3 Å². The number of rotatable bonds is 5. The summed E-state index contributed by atoms with van der Waals surface area (Å²) in [7, 11) is -3.45. The highest BCUT2D eigenvalue weighted by atomic mass is 32.2. The van der Waals surface area contributed by atoms with E-state index < -0.39 is 10.0 Å². The second kappa shape index (κ2) is 6.44. The molecule has 0 saturated carbocycles. The lowest BCUT2D eigenvalue weighted by Gasteiger charge is -2.24. The lowest BCUT2D eigenvalue weighted by Crippen LogP contribution is -2.41. The number of benzene rings is 1. The molecule has 1 aromatic carbocycles. The van der Waals surface area contributed by atoms with Crippen LogP contribution in [-0.4, -0.2) is 33.0 Å². The maximum absolute atomic E-state index is 12.0. The summed E-state index contributed by atoms with van der Waals surface area (Å²) < 4.78 is 26.5. The minimum absolute atomic E-state index is 0.0780. The van der Waals surface area contributed by atoms with Crippen LogP contribution < -0.4 is 15.4 Å². The van der Waals surface area contributed by atoms with Gasteiger partial charge in [0.2, 0.25) is 15.9 Å². The highest BCUT2D eigenvalue weighted by Gasteiger charge is 2.18. The summed E-state index contributed by atoms with van der Waals surface area (Å²) in [6.45, 7) is 4.16. The van der Waals surface area contributed by atoms with Crippen LogP contribution in [0.3, 0.4) is 0 Å². The number of piperidine rings is 1. The zero-order valence-corrected chi connectivity index (χ0v) is 13.0. The first-order chi connectivity index (χ1) is 9.87. The van der Waals surface area contributed by atoms with Crippen molar-refractivity contribution < 1.29 is 13.2 Å². The average molecular weight is 311 g/mol. The van der Waals surface area contributed by atoms with Crippen molar-refractivity contribution in [2.45, 2.75) is 43.7 Å². The predicted octanol–water partition coefficient (Wildman–Crippen LogP) is 1.06. The molecule has 0 aromatic heterocycles. The van der Waals surface area contributed by atoms with Crippen LogP contribution in [0.2, 0.25) is 0 Å². The average Bonchev–Trinajstić information content (AvgIpc) is 2.41. The van der Waals surface area contributed by atoms with Crippen molar-refractivity contribution in [2.75, 3.05) is 11.9 Å². The maximum Gasteiger partial charge on any atom is 0.240 e. The van der Waals surface area contributed by atoms with Crippen LogP contribution in [0.1, 0.15) is 26.7 Å². The first kappa shape index (κ1) is 15.8. The molecule has 2 rings (SSSR count). The van der Waals surface area contributed by atoms with E-state index in [1.807, 2.05) is 0 Å². The van der Waals surface area contributed by atoms with E-state index in [0.29, 0.717) is 13.0 Å². The molecule has 7 heteroatoms. The smallest absolute Gasteiger partial charge is 0.240 e. The van der Waals surface area contributed by atoms with Gasteiger partial charge in [-0.1, -0.05) is 0 Å². The summed E-state index contributed by atoms with van der Waals surface area (Å²) in [6.07, 6.45) is 1.29. The van der Waals surface area contributed by atoms with Gasteiger partial charge in [-0.05, 0) is 44.5 Å². The van der Waals surface area contributed by atoms with Crippen LogP contribution >= 0.6 is 0 Å². The van der Waals surface area contributed by atoms with E-state index in [-0.39, 0.29) is 22.9 Å². The molecule has 1 heterocycles. The maximum atomic E-state index is 12.0. The van der Waals surface area contributed by atoms with Gasteiger partial charge >= 0.3 is 0 Å². The Labute approximate surface area is 125 Å². The molecular weight excluding hydrogens is 290 g/mol. The zero-order chi connectivity index (χ0) is 15.5. The van der Waals surface area contributed by atoms with E-state index in [1.165, 1.54) is 0 Å². The Hall–Kier alpha value is -1.60. The van der Waals surface area contributed by atoms with Gasteiger partial charge in [0, 0.05) is 30.7 Å². The van der Waals surface area contributed by atoms with Gasteiger partial charge in [0.1, 0.15) is 0 Å². The lowest BCUT2D eigenvalue weighted by atomic mass is 10.1. The molecule has 116 valence electrons. The zero-order valence-electron chi connectivity index (χ0n) is 12.2. The van der Waals surface area contributed by atoms with Crippen LogP contribution in [0.15, 0.2) is 29.2 Å². The van der Waals surface area contributed by atoms with Gasteiger partial charge in [-0.3, -0.25) is 4.79 Å². The van der Waals surface area contributed by atoms with Crippen molar-refractivity contribution in [3.8, 4) is 0 Å². The molecule has 1 amide bonds. The van der Waals surface area contributed by atoms with Crippen LogP contribution in [0.5, 0.6) is 0 Å². The summed E-state index contributed by atoms with van der Waals surface area (Å²) >= 11 is 0. The molecule has 0 bridgehead atoms. The minimum atomic E-state index is -3.45. The third kappa shape index (κ3) is 4.44. The number of sulfonamides is 1. The second-order valence-electron chi connectivity index (χ2n) is 5.48. The van der Waals surface area contributed by atoms with Crippen molar-refractivity contribution in [2.24, 2.45) is 0 Å². The number of carbonyl (C=O) groups excluding carboxylic acids is 1. The summed E-state index contributed by atoms with van der Waals surface area (Å²) in [5.74, 6) is 0.0780. The standard InChI is InChI=1S/C14H21N3O3S/c1-10(2)17-21(19,20)13-6-3-11(4-7-13)16-12-5-8-14(18)15-9-12/h3-4,6-7,10,12,16-17H,5,8-9H2,1-2H3,(H,15,18). The van der Waals surface area contributed by atoms with Gasteiger partial charge in [0.25, 0.3) is 0 Å². The van der Waals surface area contributed by atoms with E-state index in [2.05, 4.69) is 15.4 Å². The molecule has 1 saturated heterocycles. The molecule has 21 heavy (non-hydrogen) atoms. The highest BCUT2D eigenvalue weighted by molar-refractivity contribution is 7.89. The SMILES string of the molecule is CC(C)NS(=O)(=O)c1ccc(NC2CCC(=O)NC2)cc1. The molecule has 1 aliphatic rings. The molecule has 1 aromatic rings. The number of hydrogen-bond acceptors (Lipinski definition) is 4. The normalized spacial score (nSPS) is 19.4. The van der Waals surface area contributed by atoms with E-state index in [9.17, 15) is 13.2 Å². The first-order valence-electron chi connectivity index (χ1n) is 7.02. The largest absolute Gasteiger partial charge is 0.381 e. The summed E-state index contributed by atoms with van der Waals surface area (Å²) in [4.78, 5) is 11.3. The Morgan fingerprint density at radius 3 is 2.43 bits per heavy atom. The van der Waals surface area contributed by atoms with Crippen LogP contribution in [0.4, 0.5) is 5.69 Å². The van der Waals surface area contributed by atoms with Gasteiger partial charge < -0.3 is 10.6 Å². The molecule has 3 N–H and O–H groups in total. The molecular formula is C14H21N3O3S. The van der Waals surface area contributed by atoms with Gasteiger partial charge in [-0.15, -0.1) is 0 Å². The second-order valence-corrected chi connectivity index (χ2v) is 7.20.